The van der Waals surface area contributed by atoms with E-state index in [-0.39, 0.29) is 19.3 Å². The topological polar surface area (TPSA) is 231 Å². The van der Waals surface area contributed by atoms with Crippen molar-refractivity contribution in [3.8, 4) is 0 Å². The van der Waals surface area contributed by atoms with Gasteiger partial charge in [-0.25, -0.2) is 9.13 Å². The lowest BCUT2D eigenvalue weighted by atomic mass is 10.0. The molecule has 0 radical (unpaired) electrons. The summed E-state index contributed by atoms with van der Waals surface area (Å²) < 4.78 is 61.6. The molecule has 0 fully saturated rings. The van der Waals surface area contributed by atoms with Gasteiger partial charge in [-0.3, -0.25) is 32.5 Å². The molecule has 0 aliphatic rings. The van der Waals surface area contributed by atoms with E-state index < -0.39 is 91.5 Å². The normalized spacial score (nSPS) is 14.5. The first-order valence-corrected chi connectivity index (χ1v) is 50.4. The van der Waals surface area contributed by atoms with E-state index >= 15 is 0 Å². The predicted molar refractivity (Wildman–Crippen MR) is 500 cm³/mol. The van der Waals surface area contributed by atoms with Gasteiger partial charge >= 0.3 is 33.6 Å². The maximum Gasteiger partial charge on any atom is 0.472 e. The minimum absolute atomic E-state index is 0.0887. The molecule has 0 aliphatic heterocycles. The van der Waals surface area contributed by atoms with Gasteiger partial charge in [-0.2, -0.15) is 0 Å². The number of esters is 3. The highest BCUT2D eigenvalue weighted by Crippen LogP contribution is 2.45. The standard InChI is InChI=1S/C101H172O16P2/c1-4-7-10-13-16-19-22-25-28-31-34-37-40-42-44-46-47-49-51-52-55-57-60-63-66-69-72-75-78-81-84-87-99(104)111-90-96(102)91-113-118(107,108)114-92-97(103)93-115-119(109,110)116-95-98(117-101(106)89-86-83-80-77-74-71-68-65-62-59-54-39-36-33-30-27-24-21-18-15-12-9-6-3)94-112-100(105)88-85-82-79-76-73-70-67-64-61-58-56-53-50-48-45-43-41-38-35-32-29-26-23-20-17-14-11-8-5-2/h7-8,10-11,16-21,25-30,34-39,42-45,59,62,96-98,102-103H,4-6,9,12-15,22-24,31-33,40-41,46-58,60-61,63-95H2,1-3H3,(H,107,108)(H,109,110)/b10-7-,11-8-,19-16-,20-17-,21-18-,28-25-,29-26-,30-27-,37-34-,38-35-,39-36-,44-42-,45-43-,62-59-. The van der Waals surface area contributed by atoms with Crippen molar-refractivity contribution < 1.29 is 75.8 Å². The molecule has 0 saturated carbocycles. The molecule has 0 aromatic rings. The summed E-state index contributed by atoms with van der Waals surface area (Å²) in [6.07, 6.45) is 120. The van der Waals surface area contributed by atoms with Crippen LogP contribution in [-0.4, -0.2) is 95.9 Å². The third-order valence-corrected chi connectivity index (χ3v) is 21.8. The Kier molecular flexibility index (Phi) is 88.2. The number of ether oxygens (including phenoxy) is 3. The van der Waals surface area contributed by atoms with E-state index in [0.29, 0.717) is 19.3 Å². The molecule has 0 heterocycles. The molecule has 0 amide bonds. The summed E-state index contributed by atoms with van der Waals surface area (Å²) in [6, 6.07) is 0. The van der Waals surface area contributed by atoms with E-state index in [4.69, 9.17) is 32.3 Å². The molecule has 5 unspecified atom stereocenters. The highest BCUT2D eigenvalue weighted by Gasteiger charge is 2.30. The number of allylic oxidation sites excluding steroid dienone is 28. The van der Waals surface area contributed by atoms with E-state index in [1.807, 2.05) is 0 Å². The van der Waals surface area contributed by atoms with Gasteiger partial charge in [0, 0.05) is 19.3 Å². The Hall–Kier alpha value is -5.09. The summed E-state index contributed by atoms with van der Waals surface area (Å²) >= 11 is 0. The van der Waals surface area contributed by atoms with E-state index in [2.05, 4.69) is 191 Å². The van der Waals surface area contributed by atoms with Crippen LogP contribution in [0.25, 0.3) is 0 Å². The summed E-state index contributed by atoms with van der Waals surface area (Å²) in [6.45, 7) is 2.47. The van der Waals surface area contributed by atoms with Crippen LogP contribution in [0.2, 0.25) is 0 Å². The Balaban J connectivity index is 4.61. The first kappa shape index (κ1) is 114. The number of carbonyl (C=O) groups excluding carboxylic acids is 3. The van der Waals surface area contributed by atoms with Gasteiger partial charge in [-0.05, 0) is 154 Å². The average molecular weight is 1700 g/mol. The Bertz CT molecular complexity index is 2840. The van der Waals surface area contributed by atoms with E-state index in [0.717, 1.165) is 180 Å². The maximum absolute atomic E-state index is 13.1. The molecule has 0 aliphatic carbocycles. The van der Waals surface area contributed by atoms with Gasteiger partial charge in [0.2, 0.25) is 0 Å². The zero-order valence-electron chi connectivity index (χ0n) is 75.2. The van der Waals surface area contributed by atoms with Gasteiger partial charge in [0.1, 0.15) is 25.4 Å². The average Bonchev–Trinajstić information content (AvgIpc) is 0.905. The van der Waals surface area contributed by atoms with Crippen LogP contribution >= 0.6 is 15.6 Å². The van der Waals surface area contributed by atoms with E-state index in [1.165, 1.54) is 154 Å². The minimum atomic E-state index is -4.95. The van der Waals surface area contributed by atoms with Crippen LogP contribution in [0.3, 0.4) is 0 Å². The second-order valence-electron chi connectivity index (χ2n) is 31.4. The van der Waals surface area contributed by atoms with Crippen molar-refractivity contribution in [2.45, 2.75) is 411 Å². The number of phosphoric ester groups is 2. The van der Waals surface area contributed by atoms with Crippen LogP contribution in [0, 0.1) is 0 Å². The molecule has 0 rings (SSSR count). The van der Waals surface area contributed by atoms with Crippen molar-refractivity contribution in [2.24, 2.45) is 0 Å². The first-order valence-electron chi connectivity index (χ1n) is 47.4. The first-order chi connectivity index (χ1) is 58.2. The molecule has 0 aromatic heterocycles. The Morgan fingerprint density at radius 2 is 0.445 bits per heavy atom. The maximum atomic E-state index is 13.1. The van der Waals surface area contributed by atoms with E-state index in [1.54, 1.807) is 0 Å². The monoisotopic (exact) mass is 1700 g/mol. The lowest BCUT2D eigenvalue weighted by Gasteiger charge is -2.21. The lowest BCUT2D eigenvalue weighted by molar-refractivity contribution is -0.161. The number of aliphatic hydroxyl groups excluding tert-OH is 2. The van der Waals surface area contributed by atoms with Gasteiger partial charge in [0.25, 0.3) is 0 Å². The number of hydrogen-bond donors (Lipinski definition) is 4. The largest absolute Gasteiger partial charge is 0.472 e. The van der Waals surface area contributed by atoms with Crippen molar-refractivity contribution in [1.82, 2.24) is 0 Å². The quantitative estimate of drug-likeness (QED) is 0.0146. The summed E-state index contributed by atoms with van der Waals surface area (Å²) in [5, 5.41) is 20.8. The van der Waals surface area contributed by atoms with Crippen LogP contribution in [-0.2, 0) is 55.8 Å². The third kappa shape index (κ3) is 93.5. The molecule has 18 heteroatoms. The molecule has 119 heavy (non-hydrogen) atoms. The molecular formula is C101H172O16P2. The molecular weight excluding hydrogens is 1530 g/mol. The molecule has 0 aromatic carbocycles. The van der Waals surface area contributed by atoms with Crippen LogP contribution in [0.1, 0.15) is 393 Å². The summed E-state index contributed by atoms with van der Waals surface area (Å²) in [7, 11) is -9.82. The fourth-order valence-corrected chi connectivity index (χ4v) is 14.4. The summed E-state index contributed by atoms with van der Waals surface area (Å²) in [4.78, 5) is 59.1. The highest BCUT2D eigenvalue weighted by molar-refractivity contribution is 7.47. The van der Waals surface area contributed by atoms with Crippen molar-refractivity contribution in [3.63, 3.8) is 0 Å². The Labute approximate surface area is 726 Å². The predicted octanol–water partition coefficient (Wildman–Crippen LogP) is 29.4. The van der Waals surface area contributed by atoms with Gasteiger partial charge in [-0.15, -0.1) is 0 Å². The number of phosphoric acid groups is 2. The summed E-state index contributed by atoms with van der Waals surface area (Å²) in [5.41, 5.74) is 0. The number of hydrogen-bond acceptors (Lipinski definition) is 14. The number of carbonyl (C=O) groups is 3. The van der Waals surface area contributed by atoms with E-state index in [9.17, 15) is 43.5 Å². The van der Waals surface area contributed by atoms with Crippen molar-refractivity contribution in [2.75, 3.05) is 39.6 Å². The molecule has 682 valence electrons. The second kappa shape index (κ2) is 92.1. The Morgan fingerprint density at radius 3 is 0.706 bits per heavy atom. The smallest absolute Gasteiger partial charge is 0.463 e. The number of aliphatic hydroxyl groups is 2. The Morgan fingerprint density at radius 1 is 0.244 bits per heavy atom. The molecule has 5 atom stereocenters. The molecule has 16 nitrogen and oxygen atoms in total. The molecule has 4 N–H and O–H groups in total. The lowest BCUT2D eigenvalue weighted by Crippen LogP contribution is -2.30. The highest BCUT2D eigenvalue weighted by atomic mass is 31.2. The molecule has 0 spiro atoms. The van der Waals surface area contributed by atoms with Crippen molar-refractivity contribution >= 4 is 33.6 Å². The SMILES string of the molecule is CC/C=C\C/C=C\C/C=C\C/C=C\C/C=C\CCCCCCCCCCCCCCCCCC(=O)OCC(O)COP(=O)(O)OCC(O)COP(=O)(O)OCC(COC(=O)CCCCCCCCCCCCCCC/C=C\C/C=C\C/C=C\C/C=C\C/C=C\CC)OC(=O)CCCCCCCCC/C=C\C/C=C\C/C=C\C/C=C\CCCCC. The van der Waals surface area contributed by atoms with Crippen molar-refractivity contribution in [1.29, 1.82) is 0 Å². The fraction of sp³-hybridized carbons (Fsp3) is 0.693. The van der Waals surface area contributed by atoms with Crippen LogP contribution in [0.15, 0.2) is 170 Å². The van der Waals surface area contributed by atoms with Gasteiger partial charge in [0.15, 0.2) is 6.10 Å². The van der Waals surface area contributed by atoms with Gasteiger partial charge in [0.05, 0.1) is 26.4 Å². The number of unbranched alkanes of at least 4 members (excludes halogenated alkanes) is 38. The number of rotatable bonds is 89. The molecule has 0 saturated heterocycles. The van der Waals surface area contributed by atoms with Crippen molar-refractivity contribution in [3.05, 3.63) is 170 Å². The fourth-order valence-electron chi connectivity index (χ4n) is 12.8. The zero-order chi connectivity index (χ0) is 86.5. The van der Waals surface area contributed by atoms with Gasteiger partial charge < -0.3 is 34.2 Å². The van der Waals surface area contributed by atoms with Crippen LogP contribution in [0.5, 0.6) is 0 Å². The second-order valence-corrected chi connectivity index (χ2v) is 34.3. The van der Waals surface area contributed by atoms with Gasteiger partial charge in [-0.1, -0.05) is 390 Å². The zero-order valence-corrected chi connectivity index (χ0v) is 77.0. The van der Waals surface area contributed by atoms with Crippen LogP contribution in [0.4, 0.5) is 0 Å². The van der Waals surface area contributed by atoms with Crippen LogP contribution < -0.4 is 0 Å². The minimum Gasteiger partial charge on any atom is -0.463 e. The molecule has 0 bridgehead atoms. The summed E-state index contributed by atoms with van der Waals surface area (Å²) in [5.74, 6) is -1.58. The third-order valence-electron chi connectivity index (χ3n) is 19.9.